The highest BCUT2D eigenvalue weighted by Gasteiger charge is 2.10. The lowest BCUT2D eigenvalue weighted by atomic mass is 10.2. The third-order valence-corrected chi connectivity index (χ3v) is 4.23. The monoisotopic (exact) mass is 364 g/mol. The standard InChI is InChI=1S/C20H20N4O3/c1-2-3-4-12-19-22-18-11-6-5-10-17(18)20(25)23(19)21-14-15-8-7-9-16(13-15)24(26)27/h5-11,13-14H,2-4,12H2,1H3. The number of non-ortho nitro benzene ring substituents is 1. The molecule has 7 nitrogen and oxygen atoms in total. The van der Waals surface area contributed by atoms with Crippen molar-refractivity contribution >= 4 is 22.8 Å². The number of hydrogen-bond donors (Lipinski definition) is 0. The van der Waals surface area contributed by atoms with Crippen LogP contribution in [0.4, 0.5) is 5.69 Å². The van der Waals surface area contributed by atoms with Crippen molar-refractivity contribution in [1.29, 1.82) is 0 Å². The van der Waals surface area contributed by atoms with E-state index in [1.807, 2.05) is 12.1 Å². The quantitative estimate of drug-likeness (QED) is 0.275. The smallest absolute Gasteiger partial charge is 0.267 e. The minimum atomic E-state index is -0.461. The lowest BCUT2D eigenvalue weighted by molar-refractivity contribution is -0.384. The fourth-order valence-corrected chi connectivity index (χ4v) is 2.83. The van der Waals surface area contributed by atoms with Gasteiger partial charge in [-0.1, -0.05) is 44.0 Å². The predicted octanol–water partition coefficient (Wildman–Crippen LogP) is 3.92. The van der Waals surface area contributed by atoms with E-state index < -0.39 is 4.92 Å². The maximum absolute atomic E-state index is 12.9. The Labute approximate surface area is 156 Å². The first-order valence-electron chi connectivity index (χ1n) is 8.89. The van der Waals surface area contributed by atoms with Crippen LogP contribution in [0.5, 0.6) is 0 Å². The maximum Gasteiger partial charge on any atom is 0.282 e. The molecule has 3 aromatic rings. The third-order valence-electron chi connectivity index (χ3n) is 4.23. The zero-order valence-corrected chi connectivity index (χ0v) is 15.0. The van der Waals surface area contributed by atoms with Crippen molar-refractivity contribution in [3.63, 3.8) is 0 Å². The first-order chi connectivity index (χ1) is 13.1. The Balaban J connectivity index is 2.04. The molecule has 0 aliphatic carbocycles. The highest BCUT2D eigenvalue weighted by Crippen LogP contribution is 2.13. The van der Waals surface area contributed by atoms with Gasteiger partial charge in [-0.05, 0) is 18.6 Å². The maximum atomic E-state index is 12.9. The van der Waals surface area contributed by atoms with Crippen LogP contribution in [0, 0.1) is 10.1 Å². The molecule has 1 aromatic heterocycles. The lowest BCUT2D eigenvalue weighted by Gasteiger charge is -2.09. The molecule has 27 heavy (non-hydrogen) atoms. The fourth-order valence-electron chi connectivity index (χ4n) is 2.83. The average molecular weight is 364 g/mol. The first-order valence-corrected chi connectivity index (χ1v) is 8.89. The van der Waals surface area contributed by atoms with E-state index in [0.29, 0.717) is 28.7 Å². The van der Waals surface area contributed by atoms with Crippen molar-refractivity contribution in [3.8, 4) is 0 Å². The normalized spacial score (nSPS) is 11.3. The molecule has 138 valence electrons. The lowest BCUT2D eigenvalue weighted by Crippen LogP contribution is -2.22. The van der Waals surface area contributed by atoms with Crippen molar-refractivity contribution in [2.45, 2.75) is 32.6 Å². The first kappa shape index (κ1) is 18.4. The molecule has 0 aliphatic rings. The summed E-state index contributed by atoms with van der Waals surface area (Å²) in [5, 5.41) is 15.7. The molecule has 0 bridgehead atoms. The highest BCUT2D eigenvalue weighted by molar-refractivity contribution is 5.81. The van der Waals surface area contributed by atoms with Crippen LogP contribution in [0.2, 0.25) is 0 Å². The molecule has 0 radical (unpaired) electrons. The number of fused-ring (bicyclic) bond motifs is 1. The van der Waals surface area contributed by atoms with Crippen LogP contribution >= 0.6 is 0 Å². The van der Waals surface area contributed by atoms with E-state index in [-0.39, 0.29) is 11.2 Å². The number of nitro groups is 1. The highest BCUT2D eigenvalue weighted by atomic mass is 16.6. The molecule has 3 rings (SSSR count). The van der Waals surface area contributed by atoms with Crippen LogP contribution in [0.3, 0.4) is 0 Å². The molecule has 0 N–H and O–H groups in total. The summed E-state index contributed by atoms with van der Waals surface area (Å²) < 4.78 is 1.30. The van der Waals surface area contributed by atoms with Gasteiger partial charge in [0.2, 0.25) is 0 Å². The molecule has 0 saturated carbocycles. The Kier molecular flexibility index (Phi) is 5.71. The van der Waals surface area contributed by atoms with Crippen LogP contribution in [0.15, 0.2) is 58.4 Å². The van der Waals surface area contributed by atoms with Crippen molar-refractivity contribution in [2.75, 3.05) is 0 Å². The molecule has 0 aliphatic heterocycles. The van der Waals surface area contributed by atoms with Gasteiger partial charge in [-0.25, -0.2) is 4.98 Å². The Bertz CT molecular complexity index is 1060. The topological polar surface area (TPSA) is 90.4 Å². The number of aryl methyl sites for hydroxylation is 1. The summed E-state index contributed by atoms with van der Waals surface area (Å²) in [6.07, 6.45) is 5.11. The van der Waals surface area contributed by atoms with Crippen LogP contribution in [0.1, 0.15) is 37.6 Å². The number of aromatic nitrogens is 2. The van der Waals surface area contributed by atoms with E-state index in [2.05, 4.69) is 17.0 Å². The van der Waals surface area contributed by atoms with Crippen LogP contribution in [0.25, 0.3) is 10.9 Å². The molecule has 0 amide bonds. The van der Waals surface area contributed by atoms with Crippen LogP contribution in [-0.4, -0.2) is 20.8 Å². The van der Waals surface area contributed by atoms with Crippen molar-refractivity contribution in [1.82, 2.24) is 9.66 Å². The van der Waals surface area contributed by atoms with E-state index in [0.717, 1.165) is 19.3 Å². The molecular formula is C20H20N4O3. The minimum Gasteiger partial charge on any atom is -0.267 e. The number of nitro benzene ring substituents is 1. The van der Waals surface area contributed by atoms with E-state index >= 15 is 0 Å². The van der Waals surface area contributed by atoms with Crippen LogP contribution in [-0.2, 0) is 6.42 Å². The van der Waals surface area contributed by atoms with Crippen molar-refractivity contribution in [3.05, 3.63) is 80.4 Å². The van der Waals surface area contributed by atoms with Gasteiger partial charge in [-0.2, -0.15) is 9.78 Å². The Hall–Kier alpha value is -3.35. The zero-order chi connectivity index (χ0) is 19.2. The molecule has 1 heterocycles. The summed E-state index contributed by atoms with van der Waals surface area (Å²) in [4.78, 5) is 27.9. The van der Waals surface area contributed by atoms with E-state index in [1.165, 1.54) is 23.0 Å². The summed E-state index contributed by atoms with van der Waals surface area (Å²) in [5.74, 6) is 0.592. The molecule has 2 aromatic carbocycles. The number of benzene rings is 2. The van der Waals surface area contributed by atoms with Crippen LogP contribution < -0.4 is 5.56 Å². The van der Waals surface area contributed by atoms with Gasteiger partial charge in [-0.15, -0.1) is 0 Å². The Morgan fingerprint density at radius 1 is 1.19 bits per heavy atom. The third kappa shape index (κ3) is 4.25. The van der Waals surface area contributed by atoms with Gasteiger partial charge in [0.05, 0.1) is 22.0 Å². The Morgan fingerprint density at radius 3 is 2.78 bits per heavy atom. The second kappa shape index (κ2) is 8.35. The number of nitrogens with zero attached hydrogens (tertiary/aromatic N) is 4. The summed E-state index contributed by atoms with van der Waals surface area (Å²) >= 11 is 0. The summed E-state index contributed by atoms with van der Waals surface area (Å²) in [6, 6.07) is 13.3. The van der Waals surface area contributed by atoms with E-state index in [1.54, 1.807) is 24.3 Å². The van der Waals surface area contributed by atoms with Gasteiger partial charge < -0.3 is 0 Å². The van der Waals surface area contributed by atoms with Gasteiger partial charge in [-0.3, -0.25) is 14.9 Å². The number of unbranched alkanes of at least 4 members (excludes halogenated alkanes) is 2. The summed E-state index contributed by atoms with van der Waals surface area (Å²) in [7, 11) is 0. The molecule has 0 saturated heterocycles. The number of rotatable bonds is 7. The summed E-state index contributed by atoms with van der Waals surface area (Å²) in [6.45, 7) is 2.11. The van der Waals surface area contributed by atoms with Gasteiger partial charge in [0.1, 0.15) is 5.82 Å². The van der Waals surface area contributed by atoms with Gasteiger partial charge in [0.15, 0.2) is 0 Å². The molecule has 0 fully saturated rings. The second-order valence-electron chi connectivity index (χ2n) is 6.22. The van der Waals surface area contributed by atoms with E-state index in [9.17, 15) is 14.9 Å². The molecule has 7 heteroatoms. The zero-order valence-electron chi connectivity index (χ0n) is 15.0. The van der Waals surface area contributed by atoms with Gasteiger partial charge in [0.25, 0.3) is 11.2 Å². The van der Waals surface area contributed by atoms with Gasteiger partial charge in [0, 0.05) is 24.1 Å². The minimum absolute atomic E-state index is 0.0221. The largest absolute Gasteiger partial charge is 0.282 e. The van der Waals surface area contributed by atoms with E-state index in [4.69, 9.17) is 0 Å². The SMILES string of the molecule is CCCCCc1nc2ccccc2c(=O)n1N=Cc1cccc([N+](=O)[O-])c1. The molecule has 0 atom stereocenters. The number of hydrogen-bond acceptors (Lipinski definition) is 5. The summed E-state index contributed by atoms with van der Waals surface area (Å²) in [5.41, 5.74) is 0.930. The van der Waals surface area contributed by atoms with Crippen molar-refractivity contribution < 1.29 is 4.92 Å². The second-order valence-corrected chi connectivity index (χ2v) is 6.22. The average Bonchev–Trinajstić information content (AvgIpc) is 2.68. The Morgan fingerprint density at radius 2 is 2.00 bits per heavy atom. The number of para-hydroxylation sites is 1. The fraction of sp³-hybridized carbons (Fsp3) is 0.250. The molecule has 0 spiro atoms. The molecule has 0 unspecified atom stereocenters. The van der Waals surface area contributed by atoms with Gasteiger partial charge >= 0.3 is 0 Å². The predicted molar refractivity (Wildman–Crippen MR) is 105 cm³/mol. The van der Waals surface area contributed by atoms with Crippen molar-refractivity contribution in [2.24, 2.45) is 5.10 Å². The molecular weight excluding hydrogens is 344 g/mol.